The first-order valence-corrected chi connectivity index (χ1v) is 29.7. The van der Waals surface area contributed by atoms with Crippen LogP contribution in [0.4, 0.5) is 0 Å². The number of hydrogen-bond acceptors (Lipinski definition) is 4. The first kappa shape index (κ1) is 62.3. The van der Waals surface area contributed by atoms with Crippen molar-refractivity contribution in [3.63, 3.8) is 0 Å². The van der Waals surface area contributed by atoms with Crippen LogP contribution in [0.15, 0.2) is 12.2 Å². The minimum absolute atomic E-state index is 0.220. The SMILES string of the molecule is CCCCCCCCCCCC/C=C/[C@@H](O)[C@H](COP(=O)(O)O)NC(=O)CCCCCCCCCCCCCCCCCCCCCCCCCCCCCCCCCCCCC. The number of carbonyl (C=O) groups is 1. The lowest BCUT2D eigenvalue weighted by Gasteiger charge is -2.22. The Bertz CT molecular complexity index is 988. The molecule has 0 aromatic heterocycles. The summed E-state index contributed by atoms with van der Waals surface area (Å²) in [5.74, 6) is -0.220. The first-order valence-electron chi connectivity index (χ1n) is 28.1. The summed E-state index contributed by atoms with van der Waals surface area (Å²) in [4.78, 5) is 31.0. The molecule has 0 aromatic carbocycles. The Morgan fingerprint density at radius 2 is 0.698 bits per heavy atom. The number of hydrogen-bond donors (Lipinski definition) is 4. The van der Waals surface area contributed by atoms with Gasteiger partial charge in [-0.15, -0.1) is 0 Å². The van der Waals surface area contributed by atoms with E-state index in [0.29, 0.717) is 6.42 Å². The maximum Gasteiger partial charge on any atom is 0.469 e. The van der Waals surface area contributed by atoms with Gasteiger partial charge in [-0.2, -0.15) is 0 Å². The number of amides is 1. The van der Waals surface area contributed by atoms with E-state index in [1.54, 1.807) is 6.08 Å². The molecule has 0 bridgehead atoms. The van der Waals surface area contributed by atoms with Crippen LogP contribution in [0.1, 0.15) is 316 Å². The predicted octanol–water partition coefficient (Wildman–Crippen LogP) is 17.9. The van der Waals surface area contributed by atoms with Crippen LogP contribution < -0.4 is 5.32 Å². The molecule has 0 spiro atoms. The third-order valence-corrected chi connectivity index (χ3v) is 13.7. The van der Waals surface area contributed by atoms with Crippen molar-refractivity contribution in [3.8, 4) is 0 Å². The summed E-state index contributed by atoms with van der Waals surface area (Å²) in [6, 6.07) is -0.905. The van der Waals surface area contributed by atoms with Crippen molar-refractivity contribution in [2.24, 2.45) is 0 Å². The van der Waals surface area contributed by atoms with E-state index in [-0.39, 0.29) is 5.91 Å². The largest absolute Gasteiger partial charge is 0.469 e. The van der Waals surface area contributed by atoms with Crippen LogP contribution in [0.3, 0.4) is 0 Å². The lowest BCUT2D eigenvalue weighted by molar-refractivity contribution is -0.123. The van der Waals surface area contributed by atoms with Crippen molar-refractivity contribution in [1.82, 2.24) is 5.32 Å². The van der Waals surface area contributed by atoms with Crippen LogP contribution >= 0.6 is 7.82 Å². The fourth-order valence-corrected chi connectivity index (χ4v) is 9.35. The molecule has 0 fully saturated rings. The summed E-state index contributed by atoms with van der Waals surface area (Å²) < 4.78 is 16.0. The first-order chi connectivity index (χ1) is 30.8. The van der Waals surface area contributed by atoms with E-state index in [0.717, 1.165) is 38.5 Å². The molecule has 0 radical (unpaired) electrons. The molecule has 0 aromatic rings. The second-order valence-corrected chi connectivity index (χ2v) is 20.9. The van der Waals surface area contributed by atoms with Crippen molar-refractivity contribution in [3.05, 3.63) is 12.2 Å². The van der Waals surface area contributed by atoms with Gasteiger partial charge in [0.05, 0.1) is 18.8 Å². The van der Waals surface area contributed by atoms with Gasteiger partial charge >= 0.3 is 7.82 Å². The average molecular weight is 912 g/mol. The number of allylic oxidation sites excluding steroid dienone is 1. The van der Waals surface area contributed by atoms with Gasteiger partial charge in [-0.3, -0.25) is 9.32 Å². The third-order valence-electron chi connectivity index (χ3n) is 13.2. The van der Waals surface area contributed by atoms with Gasteiger partial charge < -0.3 is 20.2 Å². The van der Waals surface area contributed by atoms with Crippen molar-refractivity contribution in [2.45, 2.75) is 328 Å². The number of nitrogens with one attached hydrogen (secondary N) is 1. The monoisotopic (exact) mass is 912 g/mol. The fraction of sp³-hybridized carbons (Fsp3) is 0.945. The molecule has 0 saturated heterocycles. The zero-order valence-electron chi connectivity index (χ0n) is 42.3. The normalized spacial score (nSPS) is 13.0. The average Bonchev–Trinajstić information content (AvgIpc) is 3.26. The number of aliphatic hydroxyl groups excluding tert-OH is 1. The molecule has 0 rings (SSSR count). The molecular formula is C55H110NO6P. The highest BCUT2D eigenvalue weighted by molar-refractivity contribution is 7.46. The Kier molecular flexibility index (Phi) is 50.1. The summed E-state index contributed by atoms with van der Waals surface area (Å²) in [6.07, 6.45) is 64.5. The van der Waals surface area contributed by atoms with Gasteiger partial charge in [0.2, 0.25) is 5.91 Å². The second kappa shape index (κ2) is 50.7. The smallest absolute Gasteiger partial charge is 0.387 e. The van der Waals surface area contributed by atoms with E-state index >= 15 is 0 Å². The van der Waals surface area contributed by atoms with Crippen LogP contribution in [0.25, 0.3) is 0 Å². The number of phosphoric ester groups is 1. The molecule has 63 heavy (non-hydrogen) atoms. The molecular weight excluding hydrogens is 802 g/mol. The Labute approximate surface area is 393 Å². The van der Waals surface area contributed by atoms with Crippen LogP contribution in [-0.2, 0) is 13.9 Å². The summed E-state index contributed by atoms with van der Waals surface area (Å²) >= 11 is 0. The molecule has 0 aliphatic carbocycles. The third kappa shape index (κ3) is 52.1. The molecule has 7 nitrogen and oxygen atoms in total. The molecule has 0 saturated carbocycles. The summed E-state index contributed by atoms with van der Waals surface area (Å²) in [5, 5.41) is 13.4. The number of rotatable bonds is 53. The molecule has 2 atom stereocenters. The Morgan fingerprint density at radius 1 is 0.444 bits per heavy atom. The van der Waals surface area contributed by atoms with Gasteiger partial charge in [0.15, 0.2) is 0 Å². The van der Waals surface area contributed by atoms with Crippen molar-refractivity contribution >= 4 is 13.7 Å². The Morgan fingerprint density at radius 3 is 0.968 bits per heavy atom. The van der Waals surface area contributed by atoms with Crippen molar-refractivity contribution in [1.29, 1.82) is 0 Å². The van der Waals surface area contributed by atoms with E-state index < -0.39 is 26.6 Å². The highest BCUT2D eigenvalue weighted by atomic mass is 31.2. The van der Waals surface area contributed by atoms with E-state index in [2.05, 4.69) is 23.7 Å². The maximum absolute atomic E-state index is 12.6. The fourth-order valence-electron chi connectivity index (χ4n) is 8.99. The molecule has 8 heteroatoms. The van der Waals surface area contributed by atoms with Gasteiger partial charge in [-0.1, -0.05) is 302 Å². The summed E-state index contributed by atoms with van der Waals surface area (Å²) in [7, 11) is -4.71. The van der Waals surface area contributed by atoms with Gasteiger partial charge in [-0.25, -0.2) is 4.57 Å². The molecule has 0 aliphatic rings. The molecule has 376 valence electrons. The number of unbranched alkanes of at least 4 members (excludes halogenated alkanes) is 44. The minimum atomic E-state index is -4.71. The highest BCUT2D eigenvalue weighted by Gasteiger charge is 2.24. The molecule has 1 amide bonds. The molecule has 0 heterocycles. The number of phosphoric acid groups is 1. The van der Waals surface area contributed by atoms with E-state index in [1.807, 2.05) is 6.08 Å². The second-order valence-electron chi connectivity index (χ2n) is 19.6. The predicted molar refractivity (Wildman–Crippen MR) is 273 cm³/mol. The van der Waals surface area contributed by atoms with Crippen LogP contribution in [0, 0.1) is 0 Å². The van der Waals surface area contributed by atoms with E-state index in [4.69, 9.17) is 0 Å². The van der Waals surface area contributed by atoms with E-state index in [9.17, 15) is 24.3 Å². The maximum atomic E-state index is 12.6. The molecule has 0 aliphatic heterocycles. The lowest BCUT2D eigenvalue weighted by Crippen LogP contribution is -2.45. The zero-order valence-corrected chi connectivity index (χ0v) is 43.2. The number of aliphatic hydroxyl groups is 1. The Balaban J connectivity index is 3.59. The zero-order chi connectivity index (χ0) is 46.0. The summed E-state index contributed by atoms with van der Waals surface area (Å²) in [5.41, 5.74) is 0. The summed E-state index contributed by atoms with van der Waals surface area (Å²) in [6.45, 7) is 4.10. The van der Waals surface area contributed by atoms with Crippen molar-refractivity contribution in [2.75, 3.05) is 6.61 Å². The molecule has 4 N–H and O–H groups in total. The minimum Gasteiger partial charge on any atom is -0.387 e. The topological polar surface area (TPSA) is 116 Å². The van der Waals surface area contributed by atoms with Gasteiger partial charge in [0.1, 0.15) is 0 Å². The lowest BCUT2D eigenvalue weighted by atomic mass is 10.0. The van der Waals surface area contributed by atoms with E-state index in [1.165, 1.54) is 257 Å². The number of carbonyl (C=O) groups excluding carboxylic acids is 1. The van der Waals surface area contributed by atoms with Crippen LogP contribution in [0.2, 0.25) is 0 Å². The Hall–Kier alpha value is -0.720. The quantitative estimate of drug-likeness (QED) is 0.0274. The molecule has 0 unspecified atom stereocenters. The standard InChI is InChI=1S/C55H110NO6P/c1-3-5-7-9-11-13-15-17-18-19-20-21-22-23-24-25-26-27-28-29-30-31-32-33-34-35-36-37-38-39-41-43-45-47-49-51-55(58)56-53(52-62-63(59,60)61)54(57)50-48-46-44-42-40-16-14-12-10-8-6-4-2/h48,50,53-54,57H,3-47,49,51-52H2,1-2H3,(H,56,58)(H2,59,60,61)/b50-48+/t53-,54+/m0/s1. The van der Waals surface area contributed by atoms with Crippen molar-refractivity contribution < 1.29 is 28.8 Å². The van der Waals surface area contributed by atoms with Gasteiger partial charge in [0, 0.05) is 6.42 Å². The van der Waals surface area contributed by atoms with Gasteiger partial charge in [-0.05, 0) is 19.3 Å². The highest BCUT2D eigenvalue weighted by Crippen LogP contribution is 2.36. The van der Waals surface area contributed by atoms with Crippen LogP contribution in [0.5, 0.6) is 0 Å². The van der Waals surface area contributed by atoms with Crippen LogP contribution in [-0.4, -0.2) is 39.6 Å². The van der Waals surface area contributed by atoms with Gasteiger partial charge in [0.25, 0.3) is 0 Å².